The minimum absolute atomic E-state index is 0.00753. The second-order valence-corrected chi connectivity index (χ2v) is 14.1. The van der Waals surface area contributed by atoms with E-state index in [9.17, 15) is 15.5 Å². The molecule has 0 spiro atoms. The number of anilines is 1. The summed E-state index contributed by atoms with van der Waals surface area (Å²) in [5.41, 5.74) is -0.157. The van der Waals surface area contributed by atoms with E-state index in [0.717, 1.165) is 32.5 Å². The number of β-amino-alcohol motifs (C(OH)–C–C–N with tert-alkyl or cyclic N) is 1. The number of hydrogen-bond donors (Lipinski definition) is 2. The molecule has 254 valence electrons. The lowest BCUT2D eigenvalue weighted by molar-refractivity contribution is -0.0123. The number of phenolic OH excluding ortho intramolecular Hbond substituents is 1. The van der Waals surface area contributed by atoms with Gasteiger partial charge in [0.1, 0.15) is 34.2 Å². The molecule has 5 heterocycles. The van der Waals surface area contributed by atoms with E-state index in [2.05, 4.69) is 21.1 Å². The Bertz CT molecular complexity index is 2150. The van der Waals surface area contributed by atoms with E-state index in [4.69, 9.17) is 14.5 Å². The van der Waals surface area contributed by atoms with Gasteiger partial charge in [-0.15, -0.1) is 0 Å². The molecule has 2 N–H and O–H groups in total. The van der Waals surface area contributed by atoms with Gasteiger partial charge >= 0.3 is 6.01 Å². The molecule has 3 aliphatic rings. The van der Waals surface area contributed by atoms with Crippen molar-refractivity contribution in [2.24, 2.45) is 11.3 Å². The number of nitriles is 1. The molecule has 2 aromatic carbocycles. The first-order chi connectivity index (χ1) is 23.6. The standard InChI is InChI=1S/C36H37F2N7O4/c1-3-24-26(37)5-4-22-12-23(46)13-25(28(22)24)32-30(38)31-29(27-6-9-40-45(27)32)33(44-10-11-48-19-35(2,47)17-44)42-34(41-31)49-20-36(7-8-36)18-43-15-21(14-39)16-43/h4-6,9,12-13,21,46-47H,3,7-8,10-11,15-20H2,1-2H3. The average Bonchev–Trinajstić information content (AvgIpc) is 3.71. The minimum atomic E-state index is -1.21. The Balaban J connectivity index is 1.31. The van der Waals surface area contributed by atoms with Gasteiger partial charge < -0.3 is 24.6 Å². The van der Waals surface area contributed by atoms with Gasteiger partial charge in [-0.1, -0.05) is 13.0 Å². The van der Waals surface area contributed by atoms with Gasteiger partial charge in [-0.05, 0) is 66.8 Å². The number of phenols is 1. The molecule has 3 fully saturated rings. The first-order valence-corrected chi connectivity index (χ1v) is 16.7. The van der Waals surface area contributed by atoms with Crippen molar-refractivity contribution in [1.29, 1.82) is 5.26 Å². The Kier molecular flexibility index (Phi) is 7.58. The third-order valence-electron chi connectivity index (χ3n) is 10.1. The van der Waals surface area contributed by atoms with Crippen LogP contribution in [0.5, 0.6) is 11.8 Å². The van der Waals surface area contributed by atoms with Crippen LogP contribution >= 0.6 is 0 Å². The maximum atomic E-state index is 17.4. The highest BCUT2D eigenvalue weighted by molar-refractivity contribution is 6.07. The van der Waals surface area contributed by atoms with E-state index >= 15 is 8.78 Å². The number of aryl methyl sites for hydroxylation is 1. The van der Waals surface area contributed by atoms with Crippen LogP contribution in [0.25, 0.3) is 38.4 Å². The van der Waals surface area contributed by atoms with Crippen molar-refractivity contribution in [2.75, 3.05) is 57.4 Å². The van der Waals surface area contributed by atoms with Crippen molar-refractivity contribution in [3.8, 4) is 29.1 Å². The van der Waals surface area contributed by atoms with Gasteiger partial charge in [-0.2, -0.15) is 20.3 Å². The Morgan fingerprint density at radius 1 is 1.14 bits per heavy atom. The number of aliphatic hydroxyl groups is 1. The zero-order valence-electron chi connectivity index (χ0n) is 27.4. The summed E-state index contributed by atoms with van der Waals surface area (Å²) in [5, 5.41) is 37.0. The Morgan fingerprint density at radius 3 is 2.71 bits per heavy atom. The summed E-state index contributed by atoms with van der Waals surface area (Å²) in [4.78, 5) is 13.6. The summed E-state index contributed by atoms with van der Waals surface area (Å²) < 4.78 is 46.0. The first-order valence-electron chi connectivity index (χ1n) is 16.7. The number of aromatic nitrogens is 4. The highest BCUT2D eigenvalue weighted by atomic mass is 19.1. The summed E-state index contributed by atoms with van der Waals surface area (Å²) in [6.07, 6.45) is 3.81. The highest BCUT2D eigenvalue weighted by Gasteiger charge is 2.47. The molecule has 13 heteroatoms. The van der Waals surface area contributed by atoms with Crippen molar-refractivity contribution in [2.45, 2.75) is 38.7 Å². The smallest absolute Gasteiger partial charge is 0.319 e. The highest BCUT2D eigenvalue weighted by Crippen LogP contribution is 2.48. The second-order valence-electron chi connectivity index (χ2n) is 14.1. The maximum Gasteiger partial charge on any atom is 0.319 e. The van der Waals surface area contributed by atoms with Crippen molar-refractivity contribution in [3.05, 3.63) is 53.7 Å². The maximum absolute atomic E-state index is 17.4. The van der Waals surface area contributed by atoms with Gasteiger partial charge in [0, 0.05) is 37.2 Å². The number of aromatic hydroxyl groups is 1. The van der Waals surface area contributed by atoms with Gasteiger partial charge in [-0.3, -0.25) is 4.90 Å². The molecule has 1 unspecified atom stereocenters. The van der Waals surface area contributed by atoms with Gasteiger partial charge in [0.15, 0.2) is 5.82 Å². The molecule has 1 aliphatic carbocycles. The largest absolute Gasteiger partial charge is 0.508 e. The van der Waals surface area contributed by atoms with Crippen LogP contribution in [0.3, 0.4) is 0 Å². The van der Waals surface area contributed by atoms with Crippen LogP contribution in [-0.4, -0.2) is 92.8 Å². The molecular formula is C36H37F2N7O4. The zero-order chi connectivity index (χ0) is 34.1. The van der Waals surface area contributed by atoms with Crippen LogP contribution in [0.1, 0.15) is 32.3 Å². The van der Waals surface area contributed by atoms with E-state index in [-0.39, 0.29) is 53.0 Å². The van der Waals surface area contributed by atoms with Crippen LogP contribution in [0.15, 0.2) is 36.5 Å². The molecule has 1 saturated carbocycles. The van der Waals surface area contributed by atoms with Crippen molar-refractivity contribution < 1.29 is 28.5 Å². The normalized spacial score (nSPS) is 21.2. The molecule has 2 saturated heterocycles. The fourth-order valence-corrected chi connectivity index (χ4v) is 7.44. The molecule has 2 aliphatic heterocycles. The summed E-state index contributed by atoms with van der Waals surface area (Å²) in [5.74, 6) is -0.838. The number of pyridine rings is 1. The van der Waals surface area contributed by atoms with Crippen molar-refractivity contribution in [1.82, 2.24) is 24.5 Å². The van der Waals surface area contributed by atoms with Crippen LogP contribution in [0, 0.1) is 34.3 Å². The summed E-state index contributed by atoms with van der Waals surface area (Å²) in [6, 6.07) is 9.92. The zero-order valence-corrected chi connectivity index (χ0v) is 27.4. The number of benzene rings is 2. The van der Waals surface area contributed by atoms with Crippen molar-refractivity contribution >= 4 is 33.0 Å². The van der Waals surface area contributed by atoms with E-state index < -0.39 is 17.2 Å². The first kappa shape index (κ1) is 31.6. The molecule has 0 bridgehead atoms. The van der Waals surface area contributed by atoms with E-state index in [1.807, 2.05) is 11.8 Å². The van der Waals surface area contributed by atoms with Crippen LogP contribution < -0.4 is 9.64 Å². The van der Waals surface area contributed by atoms with Gasteiger partial charge in [-0.25, -0.2) is 13.3 Å². The average molecular weight is 670 g/mol. The quantitative estimate of drug-likeness (QED) is 0.237. The predicted molar refractivity (Wildman–Crippen MR) is 179 cm³/mol. The Hall–Kier alpha value is -4.64. The lowest BCUT2D eigenvalue weighted by Crippen LogP contribution is -2.49. The molecule has 0 radical (unpaired) electrons. The predicted octanol–water partition coefficient (Wildman–Crippen LogP) is 4.85. The Labute approximate surface area is 281 Å². The summed E-state index contributed by atoms with van der Waals surface area (Å²) in [6.45, 7) is 7.11. The third kappa shape index (κ3) is 5.57. The molecule has 3 aromatic heterocycles. The van der Waals surface area contributed by atoms with Gasteiger partial charge in [0.05, 0.1) is 55.5 Å². The van der Waals surface area contributed by atoms with E-state index in [0.29, 0.717) is 59.2 Å². The topological polar surface area (TPSA) is 132 Å². The number of halogens is 2. The lowest BCUT2D eigenvalue weighted by atomic mass is 9.94. The van der Waals surface area contributed by atoms with Crippen LogP contribution in [-0.2, 0) is 11.2 Å². The number of fused-ring (bicyclic) bond motifs is 4. The molecule has 49 heavy (non-hydrogen) atoms. The van der Waals surface area contributed by atoms with Gasteiger partial charge in [0.2, 0.25) is 0 Å². The molecule has 11 nitrogen and oxygen atoms in total. The number of nitrogens with zero attached hydrogens (tertiary/aromatic N) is 7. The SMILES string of the molecule is CCc1c(F)ccc2cc(O)cc(-c3c(F)c4nc(OCC5(CN6CC(C#N)C6)CC5)nc(N5CCOCC(C)(O)C5)c4c4ccnn34)c12. The monoisotopic (exact) mass is 669 g/mol. The van der Waals surface area contributed by atoms with Crippen LogP contribution in [0.2, 0.25) is 0 Å². The fourth-order valence-electron chi connectivity index (χ4n) is 7.44. The summed E-state index contributed by atoms with van der Waals surface area (Å²) >= 11 is 0. The third-order valence-corrected chi connectivity index (χ3v) is 10.1. The molecule has 8 rings (SSSR count). The van der Waals surface area contributed by atoms with Gasteiger partial charge in [0.25, 0.3) is 0 Å². The molecule has 5 aromatic rings. The number of likely N-dealkylation sites (tertiary alicyclic amines) is 1. The molecule has 1 atom stereocenters. The second kappa shape index (κ2) is 11.8. The van der Waals surface area contributed by atoms with E-state index in [1.54, 1.807) is 25.3 Å². The number of hydrogen-bond acceptors (Lipinski definition) is 10. The molecular weight excluding hydrogens is 632 g/mol. The number of rotatable bonds is 8. The summed E-state index contributed by atoms with van der Waals surface area (Å²) in [7, 11) is 0. The van der Waals surface area contributed by atoms with Crippen molar-refractivity contribution in [3.63, 3.8) is 0 Å². The fraction of sp³-hybridized carbons (Fsp3) is 0.444. The van der Waals surface area contributed by atoms with Crippen LogP contribution in [0.4, 0.5) is 14.6 Å². The van der Waals surface area contributed by atoms with E-state index in [1.165, 1.54) is 22.7 Å². The molecule has 0 amide bonds. The number of ether oxygens (including phenoxy) is 2. The Morgan fingerprint density at radius 2 is 1.96 bits per heavy atom. The minimum Gasteiger partial charge on any atom is -0.508 e. The lowest BCUT2D eigenvalue weighted by Gasteiger charge is -2.37.